The summed E-state index contributed by atoms with van der Waals surface area (Å²) >= 11 is 3.43. The Labute approximate surface area is 146 Å². The first kappa shape index (κ1) is 18.0. The lowest BCUT2D eigenvalue weighted by Gasteiger charge is -2.23. The van der Waals surface area contributed by atoms with Gasteiger partial charge in [0.1, 0.15) is 11.4 Å². The third-order valence-electron chi connectivity index (χ3n) is 4.15. The van der Waals surface area contributed by atoms with Crippen LogP contribution in [0.15, 0.2) is 10.5 Å². The molecule has 1 amide bonds. The zero-order valence-corrected chi connectivity index (χ0v) is 15.6. The SMILES string of the molecule is CCN1CCCCC(NC(=O)c2cc(Br)c(NC)nc2OC)C1. The number of likely N-dealkylation sites (N-methyl/N-ethyl adjacent to an activating group) is 1. The van der Waals surface area contributed by atoms with Gasteiger partial charge in [0, 0.05) is 19.6 Å². The number of carbonyl (C=O) groups is 1. The molecule has 23 heavy (non-hydrogen) atoms. The van der Waals surface area contributed by atoms with E-state index in [-0.39, 0.29) is 11.9 Å². The number of halogens is 1. The van der Waals surface area contributed by atoms with Crippen LogP contribution in [0.25, 0.3) is 0 Å². The van der Waals surface area contributed by atoms with Crippen LogP contribution in [0.4, 0.5) is 5.82 Å². The van der Waals surface area contributed by atoms with Crippen LogP contribution in [-0.4, -0.2) is 55.6 Å². The first-order valence-electron chi connectivity index (χ1n) is 8.04. The number of nitrogens with zero attached hydrogens (tertiary/aromatic N) is 2. The van der Waals surface area contributed by atoms with Crippen LogP contribution >= 0.6 is 15.9 Å². The monoisotopic (exact) mass is 384 g/mol. The molecule has 2 rings (SSSR count). The van der Waals surface area contributed by atoms with E-state index in [0.29, 0.717) is 17.3 Å². The predicted octanol–water partition coefficient (Wildman–Crippen LogP) is 2.50. The van der Waals surface area contributed by atoms with Gasteiger partial charge in [-0.25, -0.2) is 0 Å². The van der Waals surface area contributed by atoms with Gasteiger partial charge in [0.15, 0.2) is 0 Å². The molecule has 0 bridgehead atoms. The molecule has 1 aromatic heterocycles. The molecule has 0 spiro atoms. The normalized spacial score (nSPS) is 19.0. The lowest BCUT2D eigenvalue weighted by atomic mass is 10.1. The Morgan fingerprint density at radius 1 is 1.52 bits per heavy atom. The quantitative estimate of drug-likeness (QED) is 0.816. The molecule has 1 unspecified atom stereocenters. The van der Waals surface area contributed by atoms with Crippen molar-refractivity contribution in [3.8, 4) is 5.88 Å². The topological polar surface area (TPSA) is 66.5 Å². The summed E-state index contributed by atoms with van der Waals surface area (Å²) in [5.41, 5.74) is 0.450. The molecule has 7 heteroatoms. The Morgan fingerprint density at radius 2 is 2.30 bits per heavy atom. The van der Waals surface area contributed by atoms with E-state index in [1.165, 1.54) is 13.5 Å². The van der Waals surface area contributed by atoms with Crippen molar-refractivity contribution in [1.29, 1.82) is 0 Å². The fraction of sp³-hybridized carbons (Fsp3) is 0.625. The second kappa shape index (κ2) is 8.49. The molecule has 1 atom stereocenters. The second-order valence-electron chi connectivity index (χ2n) is 5.69. The number of amides is 1. The summed E-state index contributed by atoms with van der Waals surface area (Å²) in [6.07, 6.45) is 3.33. The lowest BCUT2D eigenvalue weighted by molar-refractivity contribution is 0.0923. The Kier molecular flexibility index (Phi) is 6.65. The van der Waals surface area contributed by atoms with Crippen LogP contribution in [-0.2, 0) is 0 Å². The van der Waals surface area contributed by atoms with Crippen LogP contribution in [0.1, 0.15) is 36.5 Å². The first-order valence-corrected chi connectivity index (χ1v) is 8.83. The number of rotatable bonds is 5. The Bertz CT molecular complexity index is 553. The first-order chi connectivity index (χ1) is 11.1. The highest BCUT2D eigenvalue weighted by molar-refractivity contribution is 9.10. The maximum Gasteiger partial charge on any atom is 0.257 e. The van der Waals surface area contributed by atoms with E-state index in [0.717, 1.165) is 36.9 Å². The fourth-order valence-corrected chi connectivity index (χ4v) is 3.37. The largest absolute Gasteiger partial charge is 0.480 e. The van der Waals surface area contributed by atoms with E-state index in [1.54, 1.807) is 13.1 Å². The van der Waals surface area contributed by atoms with Crippen molar-refractivity contribution in [2.24, 2.45) is 0 Å². The standard InChI is InChI=1S/C16H25BrN4O2/c1-4-21-8-6-5-7-11(10-21)19-15(22)12-9-13(17)14(18-2)20-16(12)23-3/h9,11H,4-8,10H2,1-3H3,(H,18,20)(H,19,22). The van der Waals surface area contributed by atoms with Crippen molar-refractivity contribution in [1.82, 2.24) is 15.2 Å². The van der Waals surface area contributed by atoms with Gasteiger partial charge < -0.3 is 20.3 Å². The highest BCUT2D eigenvalue weighted by Gasteiger charge is 2.22. The van der Waals surface area contributed by atoms with Crippen LogP contribution in [0.2, 0.25) is 0 Å². The van der Waals surface area contributed by atoms with E-state index in [9.17, 15) is 4.79 Å². The Morgan fingerprint density at radius 3 is 2.96 bits per heavy atom. The summed E-state index contributed by atoms with van der Waals surface area (Å²) in [6, 6.07) is 1.92. The minimum Gasteiger partial charge on any atom is -0.480 e. The molecule has 0 radical (unpaired) electrons. The summed E-state index contributed by atoms with van der Waals surface area (Å²) in [4.78, 5) is 19.4. The number of hydrogen-bond acceptors (Lipinski definition) is 5. The number of likely N-dealkylation sites (tertiary alicyclic amines) is 1. The number of ether oxygens (including phenoxy) is 1. The highest BCUT2D eigenvalue weighted by atomic mass is 79.9. The minimum atomic E-state index is -0.138. The number of pyridine rings is 1. The van der Waals surface area contributed by atoms with E-state index >= 15 is 0 Å². The molecule has 1 saturated heterocycles. The van der Waals surface area contributed by atoms with Gasteiger partial charge in [-0.05, 0) is 47.9 Å². The van der Waals surface area contributed by atoms with E-state index in [1.807, 2.05) is 0 Å². The zero-order valence-electron chi connectivity index (χ0n) is 14.0. The number of anilines is 1. The predicted molar refractivity (Wildman–Crippen MR) is 95.3 cm³/mol. The van der Waals surface area contributed by atoms with Crippen LogP contribution in [0, 0.1) is 0 Å². The van der Waals surface area contributed by atoms with Crippen molar-refractivity contribution in [2.45, 2.75) is 32.2 Å². The fourth-order valence-electron chi connectivity index (χ4n) is 2.85. The van der Waals surface area contributed by atoms with Gasteiger partial charge in [-0.15, -0.1) is 0 Å². The molecule has 1 aliphatic rings. The molecule has 2 N–H and O–H groups in total. The molecule has 0 aromatic carbocycles. The molecule has 128 valence electrons. The van der Waals surface area contributed by atoms with Gasteiger partial charge in [0.2, 0.25) is 5.88 Å². The molecule has 0 saturated carbocycles. The number of nitrogens with one attached hydrogen (secondary N) is 2. The summed E-state index contributed by atoms with van der Waals surface area (Å²) in [6.45, 7) is 5.17. The third-order valence-corrected chi connectivity index (χ3v) is 4.76. The maximum absolute atomic E-state index is 12.7. The number of carbonyl (C=O) groups excluding carboxylic acids is 1. The molecule has 0 aliphatic carbocycles. The zero-order chi connectivity index (χ0) is 16.8. The van der Waals surface area contributed by atoms with Gasteiger partial charge in [-0.2, -0.15) is 4.98 Å². The van der Waals surface area contributed by atoms with Gasteiger partial charge >= 0.3 is 0 Å². The molecule has 2 heterocycles. The van der Waals surface area contributed by atoms with Gasteiger partial charge in [0.25, 0.3) is 5.91 Å². The van der Waals surface area contributed by atoms with Gasteiger partial charge in [-0.3, -0.25) is 4.79 Å². The molecule has 1 aromatic rings. The average molecular weight is 385 g/mol. The molecular formula is C16H25BrN4O2. The van der Waals surface area contributed by atoms with Crippen LogP contribution in [0.3, 0.4) is 0 Å². The summed E-state index contributed by atoms with van der Waals surface area (Å²) in [5.74, 6) is 0.835. The number of hydrogen-bond donors (Lipinski definition) is 2. The van der Waals surface area contributed by atoms with Crippen LogP contribution in [0.5, 0.6) is 5.88 Å². The summed E-state index contributed by atoms with van der Waals surface area (Å²) in [5, 5.41) is 6.10. The second-order valence-corrected chi connectivity index (χ2v) is 6.54. The summed E-state index contributed by atoms with van der Waals surface area (Å²) < 4.78 is 6.01. The molecular weight excluding hydrogens is 360 g/mol. The van der Waals surface area contributed by atoms with E-state index in [2.05, 4.69) is 43.4 Å². The molecule has 6 nitrogen and oxygen atoms in total. The smallest absolute Gasteiger partial charge is 0.257 e. The van der Waals surface area contributed by atoms with Crippen molar-refractivity contribution in [2.75, 3.05) is 39.1 Å². The van der Waals surface area contributed by atoms with Crippen molar-refractivity contribution in [3.05, 3.63) is 16.1 Å². The lowest BCUT2D eigenvalue weighted by Crippen LogP contribution is -2.42. The van der Waals surface area contributed by atoms with E-state index < -0.39 is 0 Å². The van der Waals surface area contributed by atoms with Crippen molar-refractivity contribution >= 4 is 27.7 Å². The number of methoxy groups -OCH3 is 1. The number of aromatic nitrogens is 1. The maximum atomic E-state index is 12.7. The van der Waals surface area contributed by atoms with Crippen LogP contribution < -0.4 is 15.4 Å². The Hall–Kier alpha value is -1.34. The van der Waals surface area contributed by atoms with E-state index in [4.69, 9.17) is 4.74 Å². The van der Waals surface area contributed by atoms with Crippen molar-refractivity contribution in [3.63, 3.8) is 0 Å². The van der Waals surface area contributed by atoms with Gasteiger partial charge in [0.05, 0.1) is 11.6 Å². The third kappa shape index (κ3) is 4.57. The molecule has 1 fully saturated rings. The van der Waals surface area contributed by atoms with Gasteiger partial charge in [-0.1, -0.05) is 13.3 Å². The molecule has 1 aliphatic heterocycles. The van der Waals surface area contributed by atoms with Crippen molar-refractivity contribution < 1.29 is 9.53 Å². The summed E-state index contributed by atoms with van der Waals surface area (Å²) in [7, 11) is 3.30. The Balaban J connectivity index is 2.15. The average Bonchev–Trinajstić information content (AvgIpc) is 2.79. The minimum absolute atomic E-state index is 0.138. The highest BCUT2D eigenvalue weighted by Crippen LogP contribution is 2.27.